The molecule has 1 aromatic heterocycles. The summed E-state index contributed by atoms with van der Waals surface area (Å²) in [6.07, 6.45) is 1.01. The molecule has 0 aliphatic rings. The minimum Gasteiger partial charge on any atom is -0.309 e. The average Bonchev–Trinajstić information content (AvgIpc) is 2.57. The molecule has 0 radical (unpaired) electrons. The van der Waals surface area contributed by atoms with Crippen molar-refractivity contribution in [2.45, 2.75) is 39.8 Å². The fourth-order valence-electron chi connectivity index (χ4n) is 1.62. The van der Waals surface area contributed by atoms with E-state index in [4.69, 9.17) is 11.6 Å². The summed E-state index contributed by atoms with van der Waals surface area (Å²) in [5.41, 5.74) is 0.253. The molecule has 0 saturated carbocycles. The lowest BCUT2D eigenvalue weighted by Crippen LogP contribution is -2.40. The molecular formula is C12H19BrClNS. The summed E-state index contributed by atoms with van der Waals surface area (Å²) in [6, 6.07) is 2.63. The molecule has 0 amide bonds. The zero-order valence-corrected chi connectivity index (χ0v) is 13.2. The first-order valence-corrected chi connectivity index (χ1v) is 7.66. The highest BCUT2D eigenvalue weighted by Gasteiger charge is 2.23. The van der Waals surface area contributed by atoms with Crippen molar-refractivity contribution < 1.29 is 0 Å². The predicted octanol–water partition coefficient (Wildman–Crippen LogP) is 4.64. The van der Waals surface area contributed by atoms with Crippen LogP contribution in [0.2, 0.25) is 0 Å². The molecule has 0 aliphatic heterocycles. The highest BCUT2D eigenvalue weighted by atomic mass is 79.9. The Hall–Kier alpha value is 0.430. The van der Waals surface area contributed by atoms with Crippen molar-refractivity contribution in [3.8, 4) is 0 Å². The first kappa shape index (κ1) is 14.5. The number of hydrogen-bond donors (Lipinski definition) is 1. The van der Waals surface area contributed by atoms with E-state index in [1.54, 1.807) is 11.3 Å². The predicted molar refractivity (Wildman–Crippen MR) is 77.4 cm³/mol. The van der Waals surface area contributed by atoms with Crippen LogP contribution in [0.4, 0.5) is 0 Å². The van der Waals surface area contributed by atoms with E-state index in [1.165, 1.54) is 9.35 Å². The second-order valence-corrected chi connectivity index (χ2v) is 7.30. The monoisotopic (exact) mass is 323 g/mol. The van der Waals surface area contributed by atoms with E-state index in [0.29, 0.717) is 11.9 Å². The molecule has 1 rings (SSSR count). The lowest BCUT2D eigenvalue weighted by molar-refractivity contribution is 0.261. The smallest absolute Gasteiger partial charge is 0.0302 e. The first-order chi connectivity index (χ1) is 7.43. The molecule has 1 aromatic rings. The van der Waals surface area contributed by atoms with E-state index in [1.807, 2.05) is 0 Å². The van der Waals surface area contributed by atoms with Gasteiger partial charge in [-0.2, -0.15) is 0 Å². The molecule has 0 bridgehead atoms. The van der Waals surface area contributed by atoms with E-state index in [-0.39, 0.29) is 5.41 Å². The maximum atomic E-state index is 5.84. The van der Waals surface area contributed by atoms with E-state index in [0.717, 1.165) is 13.0 Å². The molecule has 1 atom stereocenters. The topological polar surface area (TPSA) is 12.0 Å². The number of hydrogen-bond acceptors (Lipinski definition) is 2. The molecule has 0 spiro atoms. The Labute approximate surface area is 116 Å². The Morgan fingerprint density at radius 1 is 1.50 bits per heavy atom. The van der Waals surface area contributed by atoms with Gasteiger partial charge < -0.3 is 5.32 Å². The molecule has 16 heavy (non-hydrogen) atoms. The van der Waals surface area contributed by atoms with Crippen LogP contribution in [-0.2, 0) is 6.54 Å². The highest BCUT2D eigenvalue weighted by molar-refractivity contribution is 9.10. The second kappa shape index (κ2) is 6.39. The standard InChI is InChI=1S/C12H19BrClNS/c1-12(2,3)11(4-5-14)15-7-10-6-9(13)8-16-10/h6,8,11,15H,4-5,7H2,1-3H3. The van der Waals surface area contributed by atoms with Gasteiger partial charge in [0.1, 0.15) is 0 Å². The zero-order chi connectivity index (χ0) is 12.2. The van der Waals surface area contributed by atoms with Crippen molar-refractivity contribution >= 4 is 38.9 Å². The van der Waals surface area contributed by atoms with Crippen LogP contribution >= 0.6 is 38.9 Å². The highest BCUT2D eigenvalue weighted by Crippen LogP contribution is 2.24. The van der Waals surface area contributed by atoms with Crippen LogP contribution in [-0.4, -0.2) is 11.9 Å². The van der Waals surface area contributed by atoms with Crippen LogP contribution in [0, 0.1) is 5.41 Å². The van der Waals surface area contributed by atoms with Crippen LogP contribution in [0.1, 0.15) is 32.1 Å². The van der Waals surface area contributed by atoms with Gasteiger partial charge in [0, 0.05) is 33.2 Å². The Bertz CT molecular complexity index is 319. The number of halogens is 2. The van der Waals surface area contributed by atoms with Gasteiger partial charge in [0.25, 0.3) is 0 Å². The fourth-order valence-corrected chi connectivity index (χ4v) is 3.24. The normalized spacial score (nSPS) is 14.1. The minimum atomic E-state index is 0.253. The molecule has 1 heterocycles. The summed E-state index contributed by atoms with van der Waals surface area (Å²) >= 11 is 11.1. The van der Waals surface area contributed by atoms with Crippen LogP contribution in [0.25, 0.3) is 0 Å². The van der Waals surface area contributed by atoms with Gasteiger partial charge in [-0.3, -0.25) is 0 Å². The summed E-state index contributed by atoms with van der Waals surface area (Å²) in [6.45, 7) is 7.68. The van der Waals surface area contributed by atoms with Crippen molar-refractivity contribution in [1.82, 2.24) is 5.32 Å². The third-order valence-corrected chi connectivity index (χ3v) is 4.50. The average molecular weight is 325 g/mol. The summed E-state index contributed by atoms with van der Waals surface area (Å²) in [5.74, 6) is 0.711. The fraction of sp³-hybridized carbons (Fsp3) is 0.667. The Morgan fingerprint density at radius 2 is 2.19 bits per heavy atom. The van der Waals surface area contributed by atoms with Crippen molar-refractivity contribution in [2.24, 2.45) is 5.41 Å². The van der Waals surface area contributed by atoms with Crippen molar-refractivity contribution in [3.63, 3.8) is 0 Å². The van der Waals surface area contributed by atoms with E-state index < -0.39 is 0 Å². The van der Waals surface area contributed by atoms with Gasteiger partial charge in [-0.05, 0) is 33.8 Å². The van der Waals surface area contributed by atoms with E-state index in [2.05, 4.69) is 53.5 Å². The van der Waals surface area contributed by atoms with Crippen LogP contribution < -0.4 is 5.32 Å². The van der Waals surface area contributed by atoms with Crippen molar-refractivity contribution in [1.29, 1.82) is 0 Å². The molecule has 0 fully saturated rings. The molecule has 92 valence electrons. The summed E-state index contributed by atoms with van der Waals surface area (Å²) in [7, 11) is 0. The van der Waals surface area contributed by atoms with Gasteiger partial charge in [0.2, 0.25) is 0 Å². The third-order valence-electron chi connectivity index (χ3n) is 2.59. The van der Waals surface area contributed by atoms with Gasteiger partial charge in [-0.15, -0.1) is 22.9 Å². The van der Waals surface area contributed by atoms with Gasteiger partial charge in [0.15, 0.2) is 0 Å². The summed E-state index contributed by atoms with van der Waals surface area (Å²) in [5, 5.41) is 5.71. The number of nitrogens with one attached hydrogen (secondary N) is 1. The number of rotatable bonds is 5. The first-order valence-electron chi connectivity index (χ1n) is 5.45. The van der Waals surface area contributed by atoms with Gasteiger partial charge in [-0.25, -0.2) is 0 Å². The van der Waals surface area contributed by atoms with Crippen molar-refractivity contribution in [3.05, 3.63) is 20.8 Å². The minimum absolute atomic E-state index is 0.253. The summed E-state index contributed by atoms with van der Waals surface area (Å²) in [4.78, 5) is 1.36. The summed E-state index contributed by atoms with van der Waals surface area (Å²) < 4.78 is 1.17. The molecule has 1 nitrogen and oxygen atoms in total. The Morgan fingerprint density at radius 3 is 2.62 bits per heavy atom. The third kappa shape index (κ3) is 4.74. The Balaban J connectivity index is 2.50. The van der Waals surface area contributed by atoms with Crippen molar-refractivity contribution in [2.75, 3.05) is 5.88 Å². The lowest BCUT2D eigenvalue weighted by atomic mass is 9.85. The molecule has 1 N–H and O–H groups in total. The van der Waals surface area contributed by atoms with Crippen LogP contribution in [0.3, 0.4) is 0 Å². The molecule has 1 unspecified atom stereocenters. The van der Waals surface area contributed by atoms with E-state index in [9.17, 15) is 0 Å². The molecule has 0 aromatic carbocycles. The van der Waals surface area contributed by atoms with Crippen LogP contribution in [0.5, 0.6) is 0 Å². The van der Waals surface area contributed by atoms with E-state index >= 15 is 0 Å². The van der Waals surface area contributed by atoms with Gasteiger partial charge >= 0.3 is 0 Å². The van der Waals surface area contributed by atoms with Gasteiger partial charge in [-0.1, -0.05) is 20.8 Å². The maximum absolute atomic E-state index is 5.84. The molecule has 0 aliphatic carbocycles. The second-order valence-electron chi connectivity index (χ2n) is 5.01. The number of alkyl halides is 1. The molecule has 4 heteroatoms. The molecular weight excluding hydrogens is 306 g/mol. The van der Waals surface area contributed by atoms with Crippen LogP contribution in [0.15, 0.2) is 15.9 Å². The molecule has 0 saturated heterocycles. The zero-order valence-electron chi connectivity index (χ0n) is 10.0. The lowest BCUT2D eigenvalue weighted by Gasteiger charge is -2.31. The largest absolute Gasteiger partial charge is 0.309 e. The maximum Gasteiger partial charge on any atom is 0.0302 e. The SMILES string of the molecule is CC(C)(C)C(CCCl)NCc1cc(Br)cs1. The van der Waals surface area contributed by atoms with Gasteiger partial charge in [0.05, 0.1) is 0 Å². The quantitative estimate of drug-likeness (QED) is 0.778. The number of thiophene rings is 1. The Kier molecular flexibility index (Phi) is 5.78.